The Balaban J connectivity index is 0.976. The van der Waals surface area contributed by atoms with Crippen LogP contribution in [0, 0.1) is 47.4 Å². The predicted octanol–water partition coefficient (Wildman–Crippen LogP) is 15.7. The highest BCUT2D eigenvalue weighted by Gasteiger charge is 2.19. The number of rotatable bonds is 4. The molecule has 0 fully saturated rings. The zero-order valence-corrected chi connectivity index (χ0v) is 43.0. The van der Waals surface area contributed by atoms with E-state index in [1.807, 2.05) is 158 Å². The van der Waals surface area contributed by atoms with Gasteiger partial charge in [0, 0.05) is 114 Å². The van der Waals surface area contributed by atoms with E-state index < -0.39 is 0 Å². The first kappa shape index (κ1) is 48.1. The SMILES string of the molecule is C(#Cc1ccccc1C#Cc1ccc(-c2c3nc(c(-c4ccc(C#Cc5ccccc5C#Cc5ccccc5)cc4)c4ccc([nH]4)c(-c4ccncc4)c4nc(c(-c5ccncc5)c5ccc2[nH]5)C=C4)C=C3)cc1)c1ccccc1. The van der Waals surface area contributed by atoms with Crippen LogP contribution >= 0.6 is 0 Å². The van der Waals surface area contributed by atoms with Gasteiger partial charge in [-0.15, -0.1) is 0 Å². The maximum Gasteiger partial charge on any atom is 0.0737 e. The lowest BCUT2D eigenvalue weighted by Crippen LogP contribution is -1.90. The topological polar surface area (TPSA) is 83.1 Å². The van der Waals surface area contributed by atoms with Crippen LogP contribution in [-0.4, -0.2) is 29.9 Å². The molecule has 6 nitrogen and oxygen atoms in total. The van der Waals surface area contributed by atoms with Gasteiger partial charge >= 0.3 is 0 Å². The number of nitrogens with zero attached hydrogens (tertiary/aromatic N) is 4. The van der Waals surface area contributed by atoms with Gasteiger partial charge in [-0.3, -0.25) is 9.97 Å². The Morgan fingerprint density at radius 1 is 0.237 bits per heavy atom. The number of pyridine rings is 2. The lowest BCUT2D eigenvalue weighted by Gasteiger charge is -2.07. The summed E-state index contributed by atoms with van der Waals surface area (Å²) in [5.74, 6) is 26.9. The van der Waals surface area contributed by atoms with E-state index in [1.54, 1.807) is 0 Å². The van der Waals surface area contributed by atoms with Crippen molar-refractivity contribution >= 4 is 46.4 Å². The van der Waals surface area contributed by atoms with Gasteiger partial charge in [0.25, 0.3) is 0 Å². The molecule has 13 rings (SSSR count). The minimum atomic E-state index is 0.800. The zero-order chi connectivity index (χ0) is 53.5. The molecule has 2 aliphatic rings. The molecule has 0 amide bonds. The minimum Gasteiger partial charge on any atom is -0.354 e. The first-order chi connectivity index (χ1) is 39.6. The molecule has 6 aromatic carbocycles. The van der Waals surface area contributed by atoms with Crippen molar-refractivity contribution in [3.8, 4) is 91.9 Å². The molecule has 7 heterocycles. The normalized spacial score (nSPS) is 11.0. The Labute approximate surface area is 464 Å². The standard InChI is InChI=1S/C74H44N6/c1-3-11-51(12-4-1)19-27-55-15-7-9-17-57(55)29-21-53-23-31-59(32-24-53)71-63-35-36-64(77-63)72(60-33-25-54(26-34-60)22-30-58-18-10-8-16-56(58)28-20-52-13-5-2-6-14-52)66-38-40-68(79-66)74(62-45-49-76-50-46-62)70-42-41-69(80-70)73(61-43-47-75-48-44-61)67-39-37-65(71)78-67/h1-18,23-26,31-50,78-79H. The van der Waals surface area contributed by atoms with Crippen molar-refractivity contribution in [2.24, 2.45) is 0 Å². The van der Waals surface area contributed by atoms with E-state index in [9.17, 15) is 0 Å². The van der Waals surface area contributed by atoms with Crippen LogP contribution in [0.15, 0.2) is 231 Å². The minimum absolute atomic E-state index is 0.800. The number of hydrogen-bond acceptors (Lipinski definition) is 4. The fourth-order valence-electron chi connectivity index (χ4n) is 9.90. The van der Waals surface area contributed by atoms with E-state index >= 15 is 0 Å². The summed E-state index contributed by atoms with van der Waals surface area (Å²) in [6, 6.07) is 69.4. The average Bonchev–Trinajstić information content (AvgIpc) is 4.51. The molecule has 370 valence electrons. The van der Waals surface area contributed by atoms with Crippen molar-refractivity contribution < 1.29 is 0 Å². The molecule has 2 aliphatic heterocycles. The van der Waals surface area contributed by atoms with Gasteiger partial charge in [-0.25, -0.2) is 9.97 Å². The highest BCUT2D eigenvalue weighted by Crippen LogP contribution is 2.38. The second-order valence-electron chi connectivity index (χ2n) is 19.0. The number of aromatic nitrogens is 6. The maximum absolute atomic E-state index is 5.55. The lowest BCUT2D eigenvalue weighted by molar-refractivity contribution is 1.29. The third-order valence-electron chi connectivity index (χ3n) is 13.8. The molecule has 5 aromatic heterocycles. The van der Waals surface area contributed by atoms with Crippen LogP contribution in [0.25, 0.3) is 90.9 Å². The zero-order valence-electron chi connectivity index (χ0n) is 43.0. The van der Waals surface area contributed by atoms with Gasteiger partial charge in [0.2, 0.25) is 0 Å². The van der Waals surface area contributed by atoms with Crippen molar-refractivity contribution in [2.75, 3.05) is 0 Å². The van der Waals surface area contributed by atoms with Crippen molar-refractivity contribution in [2.45, 2.75) is 0 Å². The molecule has 11 aromatic rings. The fourth-order valence-corrected chi connectivity index (χ4v) is 9.90. The number of H-pyrrole nitrogens is 2. The average molecular weight is 1020 g/mol. The van der Waals surface area contributed by atoms with Crippen LogP contribution in [0.1, 0.15) is 67.3 Å². The summed E-state index contributed by atoms with van der Waals surface area (Å²) in [5, 5.41) is 0. The third-order valence-corrected chi connectivity index (χ3v) is 13.8. The largest absolute Gasteiger partial charge is 0.354 e. The molecular formula is C74H44N6. The molecule has 8 bridgehead atoms. The highest BCUT2D eigenvalue weighted by molar-refractivity contribution is 6.00. The van der Waals surface area contributed by atoms with Crippen LogP contribution in [0.2, 0.25) is 0 Å². The van der Waals surface area contributed by atoms with Gasteiger partial charge < -0.3 is 9.97 Å². The molecule has 0 atom stereocenters. The number of benzene rings is 6. The highest BCUT2D eigenvalue weighted by atomic mass is 14.8. The molecule has 0 aliphatic carbocycles. The molecule has 80 heavy (non-hydrogen) atoms. The Hall–Kier alpha value is -11.5. The lowest BCUT2D eigenvalue weighted by atomic mass is 10.0. The Bertz CT molecular complexity index is 4380. The first-order valence-corrected chi connectivity index (χ1v) is 26.2. The number of aromatic amines is 2. The number of hydrogen-bond donors (Lipinski definition) is 2. The number of fused-ring (bicyclic) bond motifs is 8. The summed E-state index contributed by atoms with van der Waals surface area (Å²) in [7, 11) is 0. The Morgan fingerprint density at radius 2 is 0.500 bits per heavy atom. The summed E-state index contributed by atoms with van der Waals surface area (Å²) >= 11 is 0. The first-order valence-electron chi connectivity index (χ1n) is 26.2. The summed E-state index contributed by atoms with van der Waals surface area (Å²) in [6.45, 7) is 0. The van der Waals surface area contributed by atoms with Crippen molar-refractivity contribution in [3.05, 3.63) is 298 Å². The van der Waals surface area contributed by atoms with Gasteiger partial charge in [-0.2, -0.15) is 0 Å². The summed E-state index contributed by atoms with van der Waals surface area (Å²) in [6.07, 6.45) is 15.7. The van der Waals surface area contributed by atoms with Gasteiger partial charge in [0.1, 0.15) is 0 Å². The number of nitrogens with one attached hydrogen (secondary N) is 2. The monoisotopic (exact) mass is 1020 g/mol. The second-order valence-corrected chi connectivity index (χ2v) is 19.0. The van der Waals surface area contributed by atoms with Crippen molar-refractivity contribution in [3.63, 3.8) is 0 Å². The van der Waals surface area contributed by atoms with Gasteiger partial charge in [-0.1, -0.05) is 132 Å². The van der Waals surface area contributed by atoms with E-state index in [2.05, 4.69) is 164 Å². The van der Waals surface area contributed by atoms with E-state index in [0.717, 1.165) is 134 Å². The molecule has 0 radical (unpaired) electrons. The van der Waals surface area contributed by atoms with Crippen LogP contribution in [-0.2, 0) is 0 Å². The molecule has 0 spiro atoms. The van der Waals surface area contributed by atoms with Crippen LogP contribution < -0.4 is 0 Å². The molecule has 2 N–H and O–H groups in total. The van der Waals surface area contributed by atoms with E-state index in [-0.39, 0.29) is 0 Å². The molecule has 0 unspecified atom stereocenters. The second kappa shape index (κ2) is 22.0. The van der Waals surface area contributed by atoms with Gasteiger partial charge in [0.05, 0.1) is 22.8 Å². The molecular weight excluding hydrogens is 973 g/mol. The van der Waals surface area contributed by atoms with Crippen LogP contribution in [0.4, 0.5) is 0 Å². The molecule has 0 saturated carbocycles. The van der Waals surface area contributed by atoms with E-state index in [4.69, 9.17) is 9.97 Å². The Kier molecular flexibility index (Phi) is 13.2. The van der Waals surface area contributed by atoms with Crippen molar-refractivity contribution in [1.82, 2.24) is 29.9 Å². The van der Waals surface area contributed by atoms with Crippen LogP contribution in [0.3, 0.4) is 0 Å². The van der Waals surface area contributed by atoms with E-state index in [1.165, 1.54) is 0 Å². The fraction of sp³-hybridized carbons (Fsp3) is 0. The molecule has 0 saturated heterocycles. The van der Waals surface area contributed by atoms with Crippen molar-refractivity contribution in [1.29, 1.82) is 0 Å². The van der Waals surface area contributed by atoms with Gasteiger partial charge in [0.15, 0.2) is 0 Å². The summed E-state index contributed by atoms with van der Waals surface area (Å²) < 4.78 is 0. The summed E-state index contributed by atoms with van der Waals surface area (Å²) in [5.41, 5.74) is 21.6. The Morgan fingerprint density at radius 3 is 0.800 bits per heavy atom. The van der Waals surface area contributed by atoms with Gasteiger partial charge in [-0.05, 0) is 168 Å². The van der Waals surface area contributed by atoms with Crippen LogP contribution in [0.5, 0.6) is 0 Å². The molecule has 6 heteroatoms. The summed E-state index contributed by atoms with van der Waals surface area (Å²) in [4.78, 5) is 27.4. The predicted molar refractivity (Wildman–Crippen MR) is 326 cm³/mol. The van der Waals surface area contributed by atoms with E-state index in [0.29, 0.717) is 0 Å². The quantitative estimate of drug-likeness (QED) is 0.172. The third kappa shape index (κ3) is 10.3. The maximum atomic E-state index is 5.55. The smallest absolute Gasteiger partial charge is 0.0737 e.